The molecular weight excluding hydrogens is 729 g/mol. The Morgan fingerprint density at radius 1 is 0.300 bits per heavy atom. The molecule has 4 nitrogen and oxygen atoms in total. The second-order valence-corrected chi connectivity index (χ2v) is 15.0. The van der Waals surface area contributed by atoms with Gasteiger partial charge in [-0.15, -0.1) is 0 Å². The van der Waals surface area contributed by atoms with Crippen molar-refractivity contribution in [3.05, 3.63) is 242 Å². The van der Waals surface area contributed by atoms with Crippen LogP contribution in [-0.2, 0) is 6.42 Å². The first kappa shape index (κ1) is 36.5. The molecule has 0 radical (unpaired) electrons. The molecule has 4 heteroatoms. The second-order valence-electron chi connectivity index (χ2n) is 15.0. The van der Waals surface area contributed by atoms with E-state index in [2.05, 4.69) is 263 Å². The standard InChI is InChI=1S/C56H44N4/c1-2-42-33-35-47(36-34-42)58(45-23-11-5-12-24-45)49-28-18-30-51(40-49)59(50-29-17-27-48(39-50)57(43-19-7-3-8-20-43)44-21-9-4-10-22-44)52-37-38-56-54(41-52)53-31-15-16-32-55(53)60(56)46-25-13-6-14-26-46/h3-41H,2H2,1H3. The van der Waals surface area contributed by atoms with E-state index in [-0.39, 0.29) is 0 Å². The Morgan fingerprint density at radius 2 is 0.667 bits per heavy atom. The number of aromatic nitrogens is 1. The minimum Gasteiger partial charge on any atom is -0.310 e. The molecule has 0 atom stereocenters. The highest BCUT2D eigenvalue weighted by Crippen LogP contribution is 2.44. The third-order valence-corrected chi connectivity index (χ3v) is 11.3. The van der Waals surface area contributed by atoms with Crippen molar-refractivity contribution in [2.75, 3.05) is 14.7 Å². The molecule has 0 fully saturated rings. The molecule has 0 saturated heterocycles. The van der Waals surface area contributed by atoms with Gasteiger partial charge in [0.25, 0.3) is 0 Å². The zero-order valence-electron chi connectivity index (χ0n) is 33.5. The van der Waals surface area contributed by atoms with E-state index in [4.69, 9.17) is 0 Å². The molecule has 0 spiro atoms. The Morgan fingerprint density at radius 3 is 1.17 bits per heavy atom. The van der Waals surface area contributed by atoms with E-state index in [1.165, 1.54) is 27.4 Å². The van der Waals surface area contributed by atoms with Crippen molar-refractivity contribution in [1.82, 2.24) is 4.57 Å². The largest absolute Gasteiger partial charge is 0.310 e. The highest BCUT2D eigenvalue weighted by atomic mass is 15.2. The molecule has 0 bridgehead atoms. The second kappa shape index (κ2) is 16.2. The molecule has 0 saturated carbocycles. The number of aryl methyl sites for hydroxylation is 1. The Hall–Kier alpha value is -7.82. The first-order chi connectivity index (χ1) is 29.7. The number of hydrogen-bond acceptors (Lipinski definition) is 3. The summed E-state index contributed by atoms with van der Waals surface area (Å²) in [5, 5.41) is 2.41. The van der Waals surface area contributed by atoms with Gasteiger partial charge in [0, 0.05) is 67.6 Å². The smallest absolute Gasteiger partial charge is 0.0542 e. The van der Waals surface area contributed by atoms with Crippen LogP contribution in [0.15, 0.2) is 237 Å². The predicted molar refractivity (Wildman–Crippen MR) is 254 cm³/mol. The van der Waals surface area contributed by atoms with Gasteiger partial charge in [0.1, 0.15) is 0 Å². The first-order valence-corrected chi connectivity index (χ1v) is 20.7. The number of para-hydroxylation sites is 5. The summed E-state index contributed by atoms with van der Waals surface area (Å²) >= 11 is 0. The van der Waals surface area contributed by atoms with Crippen LogP contribution in [-0.4, -0.2) is 4.57 Å². The van der Waals surface area contributed by atoms with E-state index in [0.29, 0.717) is 0 Å². The van der Waals surface area contributed by atoms with Gasteiger partial charge >= 0.3 is 0 Å². The summed E-state index contributed by atoms with van der Waals surface area (Å²) in [6.07, 6.45) is 0.995. The molecule has 60 heavy (non-hydrogen) atoms. The number of rotatable bonds is 11. The molecule has 10 rings (SSSR count). The fourth-order valence-corrected chi connectivity index (χ4v) is 8.45. The summed E-state index contributed by atoms with van der Waals surface area (Å²) < 4.78 is 2.37. The van der Waals surface area contributed by atoms with E-state index in [0.717, 1.165) is 63.3 Å². The molecule has 288 valence electrons. The molecule has 0 amide bonds. The van der Waals surface area contributed by atoms with E-state index >= 15 is 0 Å². The number of hydrogen-bond donors (Lipinski definition) is 0. The van der Waals surface area contributed by atoms with Gasteiger partial charge in [-0.25, -0.2) is 0 Å². The number of benzene rings is 9. The van der Waals surface area contributed by atoms with Crippen LogP contribution in [0.5, 0.6) is 0 Å². The molecule has 1 aromatic heterocycles. The monoisotopic (exact) mass is 772 g/mol. The Bertz CT molecular complexity index is 2970. The van der Waals surface area contributed by atoms with Gasteiger partial charge in [-0.1, -0.05) is 122 Å². The van der Waals surface area contributed by atoms with Crippen LogP contribution in [0.1, 0.15) is 12.5 Å². The fraction of sp³-hybridized carbons (Fsp3) is 0.0357. The van der Waals surface area contributed by atoms with E-state index in [1.54, 1.807) is 0 Å². The predicted octanol–water partition coefficient (Wildman–Crippen LogP) is 15.8. The van der Waals surface area contributed by atoms with Crippen LogP contribution in [0.25, 0.3) is 27.5 Å². The molecule has 0 aliphatic heterocycles. The van der Waals surface area contributed by atoms with Crippen LogP contribution < -0.4 is 14.7 Å². The topological polar surface area (TPSA) is 14.7 Å². The van der Waals surface area contributed by atoms with Crippen molar-refractivity contribution in [3.8, 4) is 5.69 Å². The van der Waals surface area contributed by atoms with Gasteiger partial charge < -0.3 is 19.3 Å². The zero-order valence-corrected chi connectivity index (χ0v) is 33.5. The average molecular weight is 773 g/mol. The SMILES string of the molecule is CCc1ccc(N(c2ccccc2)c2cccc(N(c3cccc(N(c4ccccc4)c4ccccc4)c3)c3ccc4c(c3)c3ccccc3n4-c3ccccc3)c2)cc1. The maximum Gasteiger partial charge on any atom is 0.0542 e. The lowest BCUT2D eigenvalue weighted by molar-refractivity contribution is 1.14. The van der Waals surface area contributed by atoms with Gasteiger partial charge in [0.15, 0.2) is 0 Å². The lowest BCUT2D eigenvalue weighted by atomic mass is 10.1. The fourth-order valence-electron chi connectivity index (χ4n) is 8.45. The van der Waals surface area contributed by atoms with E-state index in [1.807, 2.05) is 0 Å². The van der Waals surface area contributed by atoms with Crippen molar-refractivity contribution in [1.29, 1.82) is 0 Å². The molecule has 9 aromatic carbocycles. The summed E-state index contributed by atoms with van der Waals surface area (Å²) in [5.41, 5.74) is 14.5. The summed E-state index contributed by atoms with van der Waals surface area (Å²) in [6, 6.07) is 84.9. The summed E-state index contributed by atoms with van der Waals surface area (Å²) in [6.45, 7) is 2.20. The Balaban J connectivity index is 1.18. The molecule has 0 N–H and O–H groups in total. The van der Waals surface area contributed by atoms with Crippen molar-refractivity contribution in [2.24, 2.45) is 0 Å². The highest BCUT2D eigenvalue weighted by Gasteiger charge is 2.21. The molecule has 10 aromatic rings. The lowest BCUT2D eigenvalue weighted by Crippen LogP contribution is -2.14. The first-order valence-electron chi connectivity index (χ1n) is 20.7. The third-order valence-electron chi connectivity index (χ3n) is 11.3. The summed E-state index contributed by atoms with van der Waals surface area (Å²) in [5.74, 6) is 0. The minimum absolute atomic E-state index is 0.995. The lowest BCUT2D eigenvalue weighted by Gasteiger charge is -2.31. The van der Waals surface area contributed by atoms with Crippen LogP contribution in [0.3, 0.4) is 0 Å². The van der Waals surface area contributed by atoms with Crippen molar-refractivity contribution >= 4 is 73.0 Å². The summed E-state index contributed by atoms with van der Waals surface area (Å²) in [4.78, 5) is 7.07. The Kier molecular flexibility index (Phi) is 9.86. The van der Waals surface area contributed by atoms with Crippen molar-refractivity contribution in [3.63, 3.8) is 0 Å². The van der Waals surface area contributed by atoms with Crippen LogP contribution in [0, 0.1) is 0 Å². The molecule has 0 aliphatic carbocycles. The quantitative estimate of drug-likeness (QED) is 0.130. The van der Waals surface area contributed by atoms with Gasteiger partial charge in [0.05, 0.1) is 11.0 Å². The molecule has 1 heterocycles. The van der Waals surface area contributed by atoms with Gasteiger partial charge in [-0.05, 0) is 133 Å². The van der Waals surface area contributed by atoms with Crippen molar-refractivity contribution in [2.45, 2.75) is 13.3 Å². The molecule has 0 unspecified atom stereocenters. The zero-order chi connectivity index (χ0) is 40.3. The van der Waals surface area contributed by atoms with Gasteiger partial charge in [0.2, 0.25) is 0 Å². The third kappa shape index (κ3) is 6.95. The number of nitrogens with zero attached hydrogens (tertiary/aromatic N) is 4. The van der Waals surface area contributed by atoms with Crippen molar-refractivity contribution < 1.29 is 0 Å². The van der Waals surface area contributed by atoms with Crippen LogP contribution in [0.2, 0.25) is 0 Å². The van der Waals surface area contributed by atoms with Crippen LogP contribution >= 0.6 is 0 Å². The maximum atomic E-state index is 2.40. The highest BCUT2D eigenvalue weighted by molar-refractivity contribution is 6.10. The van der Waals surface area contributed by atoms with E-state index < -0.39 is 0 Å². The Labute approximate surface area is 352 Å². The number of anilines is 9. The minimum atomic E-state index is 0.995. The summed E-state index contributed by atoms with van der Waals surface area (Å²) in [7, 11) is 0. The van der Waals surface area contributed by atoms with Gasteiger partial charge in [-0.3, -0.25) is 0 Å². The normalized spacial score (nSPS) is 11.2. The molecular formula is C56H44N4. The van der Waals surface area contributed by atoms with Gasteiger partial charge in [-0.2, -0.15) is 0 Å². The maximum absolute atomic E-state index is 2.40. The number of fused-ring (bicyclic) bond motifs is 3. The van der Waals surface area contributed by atoms with Crippen LogP contribution in [0.4, 0.5) is 51.2 Å². The average Bonchev–Trinajstić information content (AvgIpc) is 3.65. The molecule has 0 aliphatic rings. The van der Waals surface area contributed by atoms with E-state index in [9.17, 15) is 0 Å².